The molecule has 1 atom stereocenters. The van der Waals surface area contributed by atoms with Gasteiger partial charge in [-0.05, 0) is 39.0 Å². The second-order valence-electron chi connectivity index (χ2n) is 10.3. The molecular formula is C26H25F4N9O. The molecule has 5 rings (SSSR count). The molecule has 1 aliphatic rings. The number of nitrogens with one attached hydrogen (secondary N) is 1. The van der Waals surface area contributed by atoms with Gasteiger partial charge in [0.25, 0.3) is 5.91 Å². The van der Waals surface area contributed by atoms with Crippen LogP contribution in [-0.4, -0.2) is 54.7 Å². The van der Waals surface area contributed by atoms with E-state index in [0.29, 0.717) is 16.6 Å². The first-order valence-electron chi connectivity index (χ1n) is 12.2. The monoisotopic (exact) mass is 555 g/mol. The van der Waals surface area contributed by atoms with E-state index in [2.05, 4.69) is 30.4 Å². The van der Waals surface area contributed by atoms with Crippen LogP contribution in [0.5, 0.6) is 0 Å². The van der Waals surface area contributed by atoms with Crippen molar-refractivity contribution >= 4 is 28.6 Å². The molecule has 40 heavy (non-hydrogen) atoms. The number of rotatable bonds is 6. The number of hydrogen-bond acceptors (Lipinski definition) is 8. The summed E-state index contributed by atoms with van der Waals surface area (Å²) >= 11 is 0. The fourth-order valence-electron chi connectivity index (χ4n) is 4.28. The molecule has 0 spiro atoms. The molecule has 4 heterocycles. The van der Waals surface area contributed by atoms with Crippen LogP contribution in [0.2, 0.25) is 0 Å². The number of aromatic nitrogens is 5. The number of nitrogens with zero attached hydrogens (tertiary/aromatic N) is 6. The molecule has 5 N–H and O–H groups in total. The van der Waals surface area contributed by atoms with Gasteiger partial charge in [-0.2, -0.15) is 18.3 Å². The van der Waals surface area contributed by atoms with Crippen LogP contribution >= 0.6 is 0 Å². The smallest absolute Gasteiger partial charge is 0.386 e. The van der Waals surface area contributed by atoms with E-state index in [0.717, 1.165) is 6.92 Å². The molecule has 4 aromatic rings. The van der Waals surface area contributed by atoms with Gasteiger partial charge in [-0.25, -0.2) is 29.0 Å². The van der Waals surface area contributed by atoms with E-state index in [-0.39, 0.29) is 41.0 Å². The molecule has 1 aromatic carbocycles. The summed E-state index contributed by atoms with van der Waals surface area (Å²) in [7, 11) is 0. The molecular weight excluding hydrogens is 530 g/mol. The Hall–Kier alpha value is -4.46. The minimum atomic E-state index is -4.76. The predicted molar refractivity (Wildman–Crippen MR) is 139 cm³/mol. The van der Waals surface area contributed by atoms with Gasteiger partial charge in [0, 0.05) is 23.9 Å². The number of nitrogens with two attached hydrogens (primary N) is 2. The van der Waals surface area contributed by atoms with Crippen LogP contribution < -0.4 is 16.8 Å². The second-order valence-corrected chi connectivity index (χ2v) is 10.3. The van der Waals surface area contributed by atoms with Crippen molar-refractivity contribution in [1.29, 1.82) is 0 Å². The van der Waals surface area contributed by atoms with Gasteiger partial charge in [0.1, 0.15) is 28.6 Å². The minimum Gasteiger partial charge on any atom is -0.386 e. The summed E-state index contributed by atoms with van der Waals surface area (Å²) in [5.41, 5.74) is 8.91. The van der Waals surface area contributed by atoms with E-state index in [9.17, 15) is 22.4 Å². The standard InChI is InChI=1S/C26H25F4N9O/c1-24(2)16-18(22(40)34-12-25(3,32)26(28,29)30)35-20(36-19(16)37-23(24)31)17-14-8-6-10-33-21(14)39(38-17)11-13-7-4-5-9-15(13)27/h4-10H,11-12,32H2,1-3H3,(H,34,40)(H2,31,35,36,37). The van der Waals surface area contributed by atoms with Crippen LogP contribution in [0, 0.1) is 5.82 Å². The van der Waals surface area contributed by atoms with Gasteiger partial charge in [-0.1, -0.05) is 18.2 Å². The van der Waals surface area contributed by atoms with Gasteiger partial charge in [0.2, 0.25) is 0 Å². The Balaban J connectivity index is 1.63. The number of fused-ring (bicyclic) bond motifs is 2. The summed E-state index contributed by atoms with van der Waals surface area (Å²) in [5.74, 6) is -1.13. The average Bonchev–Trinajstić information content (AvgIpc) is 3.36. The molecule has 0 fully saturated rings. The van der Waals surface area contributed by atoms with Gasteiger partial charge in [0.15, 0.2) is 17.3 Å². The van der Waals surface area contributed by atoms with Crippen molar-refractivity contribution in [1.82, 2.24) is 30.0 Å². The molecule has 0 bridgehead atoms. The highest BCUT2D eigenvalue weighted by Gasteiger charge is 2.48. The third-order valence-electron chi connectivity index (χ3n) is 6.86. The van der Waals surface area contributed by atoms with Crippen molar-refractivity contribution in [3.63, 3.8) is 0 Å². The Bertz CT molecular complexity index is 1670. The number of alkyl halides is 3. The summed E-state index contributed by atoms with van der Waals surface area (Å²) in [6.07, 6.45) is -3.21. The number of amidine groups is 1. The molecule has 208 valence electrons. The first-order valence-corrected chi connectivity index (χ1v) is 12.2. The van der Waals surface area contributed by atoms with Crippen molar-refractivity contribution in [3.05, 3.63) is 65.2 Å². The quantitative estimate of drug-likeness (QED) is 0.309. The summed E-state index contributed by atoms with van der Waals surface area (Å²) in [6.45, 7) is 3.31. The SMILES string of the molecule is CC1(C)C(N)=Nc2nc(-c3nn(Cc4ccccc4F)c4ncccc34)nc(C(=O)NCC(C)(N)C(F)(F)F)c21. The Morgan fingerprint density at radius 1 is 1.12 bits per heavy atom. The van der Waals surface area contributed by atoms with E-state index in [4.69, 9.17) is 11.5 Å². The number of benzene rings is 1. The van der Waals surface area contributed by atoms with Crippen molar-refractivity contribution in [2.45, 2.75) is 44.4 Å². The number of amides is 1. The van der Waals surface area contributed by atoms with Crippen LogP contribution in [0.25, 0.3) is 22.6 Å². The van der Waals surface area contributed by atoms with Gasteiger partial charge in [0.05, 0.1) is 17.3 Å². The summed E-state index contributed by atoms with van der Waals surface area (Å²) in [4.78, 5) is 30.9. The van der Waals surface area contributed by atoms with Crippen molar-refractivity contribution in [2.75, 3.05) is 6.54 Å². The molecule has 1 aliphatic heterocycles. The maximum atomic E-state index is 14.4. The zero-order valence-electron chi connectivity index (χ0n) is 21.7. The Kier molecular flexibility index (Phi) is 6.32. The minimum absolute atomic E-state index is 0.0326. The third kappa shape index (κ3) is 4.53. The zero-order chi connectivity index (χ0) is 29.0. The fraction of sp³-hybridized carbons (Fsp3) is 0.308. The largest absolute Gasteiger partial charge is 0.407 e. The Morgan fingerprint density at radius 3 is 2.55 bits per heavy atom. The fourth-order valence-corrected chi connectivity index (χ4v) is 4.28. The van der Waals surface area contributed by atoms with Crippen molar-refractivity contribution < 1.29 is 22.4 Å². The highest BCUT2D eigenvalue weighted by Crippen LogP contribution is 2.40. The molecule has 14 heteroatoms. The van der Waals surface area contributed by atoms with E-state index in [1.165, 1.54) is 10.7 Å². The van der Waals surface area contributed by atoms with Crippen molar-refractivity contribution in [2.24, 2.45) is 16.5 Å². The third-order valence-corrected chi connectivity index (χ3v) is 6.86. The number of aliphatic imine (C=N–C) groups is 1. The lowest BCUT2D eigenvalue weighted by molar-refractivity contribution is -0.178. The molecule has 3 aromatic heterocycles. The highest BCUT2D eigenvalue weighted by atomic mass is 19.4. The lowest BCUT2D eigenvalue weighted by atomic mass is 9.84. The van der Waals surface area contributed by atoms with E-state index >= 15 is 0 Å². The summed E-state index contributed by atoms with van der Waals surface area (Å²) in [6, 6.07) is 9.60. The number of carbonyl (C=O) groups excluding carboxylic acids is 1. The van der Waals surface area contributed by atoms with E-state index < -0.39 is 35.4 Å². The van der Waals surface area contributed by atoms with Gasteiger partial charge < -0.3 is 16.8 Å². The first kappa shape index (κ1) is 27.1. The van der Waals surface area contributed by atoms with Crippen LogP contribution in [0.15, 0.2) is 47.6 Å². The maximum absolute atomic E-state index is 14.4. The molecule has 0 radical (unpaired) electrons. The van der Waals surface area contributed by atoms with Gasteiger partial charge >= 0.3 is 6.18 Å². The zero-order valence-corrected chi connectivity index (χ0v) is 21.7. The van der Waals surface area contributed by atoms with Crippen molar-refractivity contribution in [3.8, 4) is 11.5 Å². The number of halogens is 4. The van der Waals surface area contributed by atoms with Crippen LogP contribution in [-0.2, 0) is 12.0 Å². The lowest BCUT2D eigenvalue weighted by Gasteiger charge is -2.28. The lowest BCUT2D eigenvalue weighted by Crippen LogP contribution is -2.58. The Labute approximate surface area is 225 Å². The summed E-state index contributed by atoms with van der Waals surface area (Å²) in [5, 5.41) is 7.33. The molecule has 0 saturated heterocycles. The van der Waals surface area contributed by atoms with Crippen LogP contribution in [0.3, 0.4) is 0 Å². The molecule has 10 nitrogen and oxygen atoms in total. The van der Waals surface area contributed by atoms with E-state index in [1.54, 1.807) is 50.4 Å². The molecule has 1 amide bonds. The normalized spacial score (nSPS) is 15.9. The van der Waals surface area contributed by atoms with Crippen LogP contribution in [0.1, 0.15) is 42.4 Å². The number of carbonyl (C=O) groups is 1. The second kappa shape index (κ2) is 9.33. The number of hydrogen-bond donors (Lipinski definition) is 3. The first-order chi connectivity index (χ1) is 18.7. The van der Waals surface area contributed by atoms with Gasteiger partial charge in [-0.15, -0.1) is 0 Å². The van der Waals surface area contributed by atoms with Crippen LogP contribution in [0.4, 0.5) is 23.4 Å². The molecule has 0 aliphatic carbocycles. The molecule has 1 unspecified atom stereocenters. The van der Waals surface area contributed by atoms with Gasteiger partial charge in [-0.3, -0.25) is 4.79 Å². The average molecular weight is 556 g/mol. The Morgan fingerprint density at radius 2 is 1.85 bits per heavy atom. The number of pyridine rings is 1. The van der Waals surface area contributed by atoms with E-state index in [1.807, 2.05) is 0 Å². The predicted octanol–water partition coefficient (Wildman–Crippen LogP) is 3.37. The molecule has 0 saturated carbocycles. The topological polar surface area (TPSA) is 150 Å². The highest BCUT2D eigenvalue weighted by molar-refractivity contribution is 6.04. The maximum Gasteiger partial charge on any atom is 0.407 e. The summed E-state index contributed by atoms with van der Waals surface area (Å²) < 4.78 is 55.8.